The lowest BCUT2D eigenvalue weighted by atomic mass is 10.2. The quantitative estimate of drug-likeness (QED) is 0.797. The van der Waals surface area contributed by atoms with Crippen LogP contribution >= 0.6 is 11.3 Å². The Hall–Kier alpha value is -2.01. The number of carbonyl (C=O) groups excluding carboxylic acids is 1. The summed E-state index contributed by atoms with van der Waals surface area (Å²) in [6, 6.07) is 11.9. The highest BCUT2D eigenvalue weighted by Gasteiger charge is 2.06. The maximum Gasteiger partial charge on any atom is 0.318 e. The van der Waals surface area contributed by atoms with Gasteiger partial charge in [-0.15, -0.1) is 11.3 Å². The Morgan fingerprint density at radius 1 is 1.16 bits per heavy atom. The first kappa shape index (κ1) is 13.4. The third kappa shape index (κ3) is 3.72. The minimum absolute atomic E-state index is 0.215. The van der Waals surface area contributed by atoms with E-state index < -0.39 is 0 Å². The average Bonchev–Trinajstić information content (AvgIpc) is 2.95. The van der Waals surface area contributed by atoms with E-state index in [1.54, 1.807) is 18.4 Å². The van der Waals surface area contributed by atoms with Gasteiger partial charge in [0.1, 0.15) is 0 Å². The molecular weight excluding hydrogens is 258 g/mol. The lowest BCUT2D eigenvalue weighted by Gasteiger charge is -2.14. The van der Waals surface area contributed by atoms with Crippen LogP contribution in [-0.4, -0.2) is 13.1 Å². The van der Waals surface area contributed by atoms with Crippen LogP contribution in [0.1, 0.15) is 17.8 Å². The van der Waals surface area contributed by atoms with E-state index in [2.05, 4.69) is 40.4 Å². The summed E-state index contributed by atoms with van der Waals surface area (Å²) >= 11 is 1.74. The van der Waals surface area contributed by atoms with E-state index in [0.717, 1.165) is 11.4 Å². The van der Waals surface area contributed by atoms with Crippen molar-refractivity contribution in [1.29, 1.82) is 0 Å². The molecule has 2 amide bonds. The minimum Gasteiger partial charge on any atom is -0.378 e. The molecule has 0 aliphatic rings. The summed E-state index contributed by atoms with van der Waals surface area (Å²) in [5.41, 5.74) is 1.80. The molecule has 0 radical (unpaired) electrons. The summed E-state index contributed by atoms with van der Waals surface area (Å²) in [4.78, 5) is 12.5. The lowest BCUT2D eigenvalue weighted by molar-refractivity contribution is 0.254. The number of carbonyl (C=O) groups is 1. The Balaban J connectivity index is 1.97. The number of rotatable bonds is 4. The van der Waals surface area contributed by atoms with Crippen molar-refractivity contribution in [3.05, 3.63) is 46.7 Å². The van der Waals surface area contributed by atoms with Crippen molar-refractivity contribution in [2.24, 2.45) is 0 Å². The molecule has 1 unspecified atom stereocenters. The van der Waals surface area contributed by atoms with Gasteiger partial charge in [-0.1, -0.05) is 6.07 Å². The maximum atomic E-state index is 11.2. The number of thiophene rings is 1. The molecule has 1 atom stereocenters. The molecule has 1 heterocycles. The van der Waals surface area contributed by atoms with Crippen LogP contribution in [0.5, 0.6) is 0 Å². The Kier molecular flexibility index (Phi) is 4.41. The first-order valence-electron chi connectivity index (χ1n) is 6.08. The predicted molar refractivity (Wildman–Crippen MR) is 80.9 cm³/mol. The highest BCUT2D eigenvalue weighted by atomic mass is 32.1. The van der Waals surface area contributed by atoms with E-state index in [4.69, 9.17) is 0 Å². The summed E-state index contributed by atoms with van der Waals surface area (Å²) in [6.07, 6.45) is 0. The molecule has 5 heteroatoms. The molecular formula is C14H17N3OS. The second-order valence-corrected chi connectivity index (χ2v) is 5.14. The van der Waals surface area contributed by atoms with Crippen LogP contribution in [-0.2, 0) is 0 Å². The van der Waals surface area contributed by atoms with Crippen molar-refractivity contribution < 1.29 is 4.79 Å². The molecule has 2 aromatic rings. The average molecular weight is 275 g/mol. The number of benzene rings is 1. The van der Waals surface area contributed by atoms with E-state index in [0.29, 0.717) is 0 Å². The number of urea groups is 1. The highest BCUT2D eigenvalue weighted by Crippen LogP contribution is 2.23. The minimum atomic E-state index is -0.215. The van der Waals surface area contributed by atoms with Crippen molar-refractivity contribution in [2.45, 2.75) is 13.0 Å². The Morgan fingerprint density at radius 2 is 1.84 bits per heavy atom. The molecule has 0 saturated carbocycles. The molecule has 19 heavy (non-hydrogen) atoms. The predicted octanol–water partition coefficient (Wildman–Crippen LogP) is 3.67. The molecule has 1 aromatic heterocycles. The molecule has 0 aliphatic carbocycles. The van der Waals surface area contributed by atoms with Gasteiger partial charge < -0.3 is 16.0 Å². The molecule has 0 saturated heterocycles. The zero-order valence-electron chi connectivity index (χ0n) is 10.9. The molecule has 0 bridgehead atoms. The van der Waals surface area contributed by atoms with Crippen molar-refractivity contribution in [2.75, 3.05) is 17.7 Å². The van der Waals surface area contributed by atoms with Crippen molar-refractivity contribution in [3.63, 3.8) is 0 Å². The Morgan fingerprint density at radius 3 is 2.42 bits per heavy atom. The number of anilines is 2. The van der Waals surface area contributed by atoms with Crippen molar-refractivity contribution in [3.8, 4) is 0 Å². The fourth-order valence-corrected chi connectivity index (χ4v) is 2.44. The van der Waals surface area contributed by atoms with Crippen LogP contribution in [0.4, 0.5) is 16.2 Å². The van der Waals surface area contributed by atoms with Gasteiger partial charge in [0.2, 0.25) is 0 Å². The van der Waals surface area contributed by atoms with E-state index in [-0.39, 0.29) is 12.1 Å². The molecule has 1 aromatic carbocycles. The van der Waals surface area contributed by atoms with Gasteiger partial charge in [0.15, 0.2) is 0 Å². The summed E-state index contributed by atoms with van der Waals surface area (Å²) in [5, 5.41) is 10.7. The molecule has 0 fully saturated rings. The zero-order valence-corrected chi connectivity index (χ0v) is 11.8. The number of nitrogens with one attached hydrogen (secondary N) is 3. The molecule has 100 valence electrons. The highest BCUT2D eigenvalue weighted by molar-refractivity contribution is 7.10. The zero-order chi connectivity index (χ0) is 13.7. The fraction of sp³-hybridized carbons (Fsp3) is 0.214. The van der Waals surface area contributed by atoms with E-state index in [1.807, 2.05) is 24.3 Å². The van der Waals surface area contributed by atoms with Gasteiger partial charge in [0.25, 0.3) is 0 Å². The third-order valence-corrected chi connectivity index (χ3v) is 3.78. The second kappa shape index (κ2) is 6.24. The number of amides is 2. The molecule has 3 N–H and O–H groups in total. The second-order valence-electron chi connectivity index (χ2n) is 4.16. The molecule has 4 nitrogen and oxygen atoms in total. The van der Waals surface area contributed by atoms with Gasteiger partial charge in [-0.2, -0.15) is 0 Å². The normalized spacial score (nSPS) is 11.7. The van der Waals surface area contributed by atoms with Gasteiger partial charge in [-0.05, 0) is 42.6 Å². The summed E-state index contributed by atoms with van der Waals surface area (Å²) < 4.78 is 0. The van der Waals surface area contributed by atoms with E-state index in [1.165, 1.54) is 4.88 Å². The molecule has 2 rings (SSSR count). The van der Waals surface area contributed by atoms with Gasteiger partial charge >= 0.3 is 6.03 Å². The smallest absolute Gasteiger partial charge is 0.318 e. The van der Waals surface area contributed by atoms with Crippen LogP contribution in [0.25, 0.3) is 0 Å². The molecule has 0 spiro atoms. The van der Waals surface area contributed by atoms with Gasteiger partial charge in [0.05, 0.1) is 6.04 Å². The van der Waals surface area contributed by atoms with Crippen molar-refractivity contribution in [1.82, 2.24) is 5.32 Å². The topological polar surface area (TPSA) is 53.2 Å². The van der Waals surface area contributed by atoms with Crippen LogP contribution in [0.15, 0.2) is 41.8 Å². The summed E-state index contributed by atoms with van der Waals surface area (Å²) in [7, 11) is 1.59. The van der Waals surface area contributed by atoms with Crippen molar-refractivity contribution >= 4 is 28.7 Å². The maximum absolute atomic E-state index is 11.2. The Bertz CT molecular complexity index is 522. The van der Waals surface area contributed by atoms with E-state index >= 15 is 0 Å². The van der Waals surface area contributed by atoms with Crippen LogP contribution in [0, 0.1) is 0 Å². The van der Waals surface area contributed by atoms with Gasteiger partial charge in [0, 0.05) is 23.3 Å². The monoisotopic (exact) mass is 275 g/mol. The first-order valence-corrected chi connectivity index (χ1v) is 6.96. The number of hydrogen-bond donors (Lipinski definition) is 3. The third-order valence-electron chi connectivity index (χ3n) is 2.72. The van der Waals surface area contributed by atoms with Crippen LogP contribution in [0.3, 0.4) is 0 Å². The fourth-order valence-electron chi connectivity index (χ4n) is 1.70. The van der Waals surface area contributed by atoms with Gasteiger partial charge in [-0.3, -0.25) is 0 Å². The SMILES string of the molecule is CNC(=O)Nc1ccc(NC(C)c2cccs2)cc1. The summed E-state index contributed by atoms with van der Waals surface area (Å²) in [6.45, 7) is 2.13. The van der Waals surface area contributed by atoms with E-state index in [9.17, 15) is 4.79 Å². The summed E-state index contributed by atoms with van der Waals surface area (Å²) in [5.74, 6) is 0. The lowest BCUT2D eigenvalue weighted by Crippen LogP contribution is -2.24. The molecule has 0 aliphatic heterocycles. The van der Waals surface area contributed by atoms with Crippen LogP contribution < -0.4 is 16.0 Å². The Labute approximate surface area is 116 Å². The first-order chi connectivity index (χ1) is 9.19. The number of hydrogen-bond acceptors (Lipinski definition) is 3. The van der Waals surface area contributed by atoms with Gasteiger partial charge in [-0.25, -0.2) is 4.79 Å². The largest absolute Gasteiger partial charge is 0.378 e. The standard InChI is InChI=1S/C14H17N3OS/c1-10(13-4-3-9-19-13)16-11-5-7-12(8-6-11)17-14(18)15-2/h3-10,16H,1-2H3,(H2,15,17,18). The van der Waals surface area contributed by atoms with Crippen LogP contribution in [0.2, 0.25) is 0 Å².